The van der Waals surface area contributed by atoms with Gasteiger partial charge in [0, 0.05) is 12.5 Å². The molecule has 15 heavy (non-hydrogen) atoms. The Bertz CT molecular complexity index is 388. The molecule has 1 aromatic carbocycles. The van der Waals surface area contributed by atoms with E-state index in [1.807, 2.05) is 0 Å². The molecule has 0 aromatic heterocycles. The van der Waals surface area contributed by atoms with Crippen LogP contribution in [0.15, 0.2) is 36.4 Å². The van der Waals surface area contributed by atoms with E-state index in [1.165, 1.54) is 13.0 Å². The Balaban J connectivity index is 2.80. The van der Waals surface area contributed by atoms with Crippen molar-refractivity contribution in [1.82, 2.24) is 0 Å². The van der Waals surface area contributed by atoms with E-state index in [1.54, 1.807) is 37.3 Å². The average molecular weight is 204 g/mol. The Morgan fingerprint density at radius 1 is 1.20 bits per heavy atom. The van der Waals surface area contributed by atoms with Gasteiger partial charge >= 0.3 is 5.97 Å². The summed E-state index contributed by atoms with van der Waals surface area (Å²) < 4.78 is 4.84. The first-order chi connectivity index (χ1) is 7.13. The maximum Gasteiger partial charge on any atom is 0.308 e. The molecule has 0 heterocycles. The fraction of sp³-hybridized carbons (Fsp3) is 0.167. The minimum absolute atomic E-state index is 0.0631. The summed E-state index contributed by atoms with van der Waals surface area (Å²) in [5.41, 5.74) is 0.573. The fourth-order valence-corrected chi connectivity index (χ4v) is 1.10. The lowest BCUT2D eigenvalue weighted by Crippen LogP contribution is -2.01. The van der Waals surface area contributed by atoms with Crippen molar-refractivity contribution < 1.29 is 14.3 Å². The monoisotopic (exact) mass is 204 g/mol. The van der Waals surface area contributed by atoms with E-state index in [4.69, 9.17) is 4.74 Å². The Kier molecular flexibility index (Phi) is 3.80. The zero-order valence-electron chi connectivity index (χ0n) is 8.69. The second kappa shape index (κ2) is 5.10. The van der Waals surface area contributed by atoms with Crippen LogP contribution in [0.4, 0.5) is 0 Å². The fourth-order valence-electron chi connectivity index (χ4n) is 1.10. The van der Waals surface area contributed by atoms with Crippen molar-refractivity contribution in [2.45, 2.75) is 13.8 Å². The number of hydrogen-bond acceptors (Lipinski definition) is 3. The first-order valence-corrected chi connectivity index (χ1v) is 4.59. The van der Waals surface area contributed by atoms with Gasteiger partial charge < -0.3 is 4.74 Å². The highest BCUT2D eigenvalue weighted by Crippen LogP contribution is 2.12. The SMILES string of the molecule is C/C=C/C(=O)c1ccc(OC(C)=O)cc1. The van der Waals surface area contributed by atoms with Crippen LogP contribution in [0.25, 0.3) is 0 Å². The van der Waals surface area contributed by atoms with Crippen molar-refractivity contribution in [2.24, 2.45) is 0 Å². The van der Waals surface area contributed by atoms with Crippen molar-refractivity contribution in [2.75, 3.05) is 0 Å². The van der Waals surface area contributed by atoms with E-state index >= 15 is 0 Å². The predicted octanol–water partition coefficient (Wildman–Crippen LogP) is 2.37. The number of rotatable bonds is 3. The summed E-state index contributed by atoms with van der Waals surface area (Å²) >= 11 is 0. The van der Waals surface area contributed by atoms with Gasteiger partial charge in [0.1, 0.15) is 5.75 Å². The Hall–Kier alpha value is -1.90. The smallest absolute Gasteiger partial charge is 0.308 e. The molecule has 3 heteroatoms. The van der Waals surface area contributed by atoms with E-state index in [-0.39, 0.29) is 11.8 Å². The van der Waals surface area contributed by atoms with Gasteiger partial charge in [-0.1, -0.05) is 6.08 Å². The van der Waals surface area contributed by atoms with Crippen LogP contribution in [0.5, 0.6) is 5.75 Å². The second-order valence-corrected chi connectivity index (χ2v) is 2.98. The third-order valence-electron chi connectivity index (χ3n) is 1.72. The molecule has 0 fully saturated rings. The molecule has 0 aliphatic carbocycles. The van der Waals surface area contributed by atoms with Gasteiger partial charge in [0.05, 0.1) is 0 Å². The van der Waals surface area contributed by atoms with Crippen molar-refractivity contribution >= 4 is 11.8 Å². The zero-order chi connectivity index (χ0) is 11.3. The van der Waals surface area contributed by atoms with Gasteiger partial charge in [-0.15, -0.1) is 0 Å². The molecule has 0 aliphatic heterocycles. The van der Waals surface area contributed by atoms with Crippen molar-refractivity contribution in [3.8, 4) is 5.75 Å². The molecule has 0 unspecified atom stereocenters. The Morgan fingerprint density at radius 3 is 2.27 bits per heavy atom. The highest BCUT2D eigenvalue weighted by Gasteiger charge is 2.02. The average Bonchev–Trinajstić information content (AvgIpc) is 2.18. The van der Waals surface area contributed by atoms with E-state index in [0.29, 0.717) is 11.3 Å². The van der Waals surface area contributed by atoms with Crippen LogP contribution in [0.2, 0.25) is 0 Å². The normalized spacial score (nSPS) is 10.3. The summed E-state index contributed by atoms with van der Waals surface area (Å²) in [6.07, 6.45) is 3.17. The first kappa shape index (κ1) is 11.2. The van der Waals surface area contributed by atoms with Gasteiger partial charge in [-0.2, -0.15) is 0 Å². The zero-order valence-corrected chi connectivity index (χ0v) is 8.69. The number of ether oxygens (including phenoxy) is 1. The summed E-state index contributed by atoms with van der Waals surface area (Å²) in [6, 6.07) is 6.44. The molecular formula is C12H12O3. The molecule has 0 saturated carbocycles. The van der Waals surface area contributed by atoms with Crippen LogP contribution >= 0.6 is 0 Å². The van der Waals surface area contributed by atoms with Crippen LogP contribution in [-0.4, -0.2) is 11.8 Å². The minimum Gasteiger partial charge on any atom is -0.427 e. The van der Waals surface area contributed by atoms with Gasteiger partial charge in [-0.3, -0.25) is 9.59 Å². The van der Waals surface area contributed by atoms with Crippen molar-refractivity contribution in [3.05, 3.63) is 42.0 Å². The number of esters is 1. The molecule has 0 saturated heterocycles. The summed E-state index contributed by atoms with van der Waals surface area (Å²) in [5, 5.41) is 0. The second-order valence-electron chi connectivity index (χ2n) is 2.98. The van der Waals surface area contributed by atoms with E-state index in [2.05, 4.69) is 0 Å². The highest BCUT2D eigenvalue weighted by molar-refractivity contribution is 6.04. The predicted molar refractivity (Wildman–Crippen MR) is 56.9 cm³/mol. The third kappa shape index (κ3) is 3.38. The van der Waals surface area contributed by atoms with Gasteiger partial charge in [0.15, 0.2) is 5.78 Å². The lowest BCUT2D eigenvalue weighted by molar-refractivity contribution is -0.131. The van der Waals surface area contributed by atoms with Gasteiger partial charge in [-0.05, 0) is 37.3 Å². The first-order valence-electron chi connectivity index (χ1n) is 4.59. The highest BCUT2D eigenvalue weighted by atomic mass is 16.5. The number of ketones is 1. The number of hydrogen-bond donors (Lipinski definition) is 0. The quantitative estimate of drug-likeness (QED) is 0.328. The molecule has 0 amide bonds. The number of carbonyl (C=O) groups is 2. The summed E-state index contributed by atoms with van der Waals surface area (Å²) in [5.74, 6) is 0.00827. The van der Waals surface area contributed by atoms with E-state index < -0.39 is 0 Å². The van der Waals surface area contributed by atoms with Crippen molar-refractivity contribution in [1.29, 1.82) is 0 Å². The topological polar surface area (TPSA) is 43.4 Å². The maximum atomic E-state index is 11.4. The molecule has 0 spiro atoms. The summed E-state index contributed by atoms with van der Waals surface area (Å²) in [7, 11) is 0. The number of carbonyl (C=O) groups excluding carboxylic acids is 2. The molecule has 0 radical (unpaired) electrons. The lowest BCUT2D eigenvalue weighted by Gasteiger charge is -2.01. The van der Waals surface area contributed by atoms with Gasteiger partial charge in [0.2, 0.25) is 0 Å². The molecule has 1 rings (SSSR count). The minimum atomic E-state index is -0.373. The standard InChI is InChI=1S/C12H12O3/c1-3-4-12(14)10-5-7-11(8-6-10)15-9(2)13/h3-8H,1-2H3/b4-3+. The van der Waals surface area contributed by atoms with Crippen molar-refractivity contribution in [3.63, 3.8) is 0 Å². The molecule has 1 aromatic rings. The van der Waals surface area contributed by atoms with E-state index in [9.17, 15) is 9.59 Å². The molecule has 0 N–H and O–H groups in total. The lowest BCUT2D eigenvalue weighted by atomic mass is 10.1. The molecule has 78 valence electrons. The molecule has 0 aliphatic rings. The Morgan fingerprint density at radius 2 is 1.80 bits per heavy atom. The van der Waals surface area contributed by atoms with Crippen LogP contribution in [-0.2, 0) is 4.79 Å². The maximum absolute atomic E-state index is 11.4. The number of benzene rings is 1. The van der Waals surface area contributed by atoms with Crippen LogP contribution in [0, 0.1) is 0 Å². The Labute approximate surface area is 88.4 Å². The summed E-state index contributed by atoms with van der Waals surface area (Å²) in [4.78, 5) is 22.0. The van der Waals surface area contributed by atoms with Gasteiger partial charge in [0.25, 0.3) is 0 Å². The van der Waals surface area contributed by atoms with Crippen LogP contribution in [0.1, 0.15) is 24.2 Å². The van der Waals surface area contributed by atoms with Crippen LogP contribution < -0.4 is 4.74 Å². The number of allylic oxidation sites excluding steroid dienone is 2. The van der Waals surface area contributed by atoms with Crippen LogP contribution in [0.3, 0.4) is 0 Å². The largest absolute Gasteiger partial charge is 0.427 e. The van der Waals surface area contributed by atoms with E-state index in [0.717, 1.165) is 0 Å². The summed E-state index contributed by atoms with van der Waals surface area (Å²) in [6.45, 7) is 3.12. The molecular weight excluding hydrogens is 192 g/mol. The third-order valence-corrected chi connectivity index (χ3v) is 1.72. The molecule has 0 bridgehead atoms. The molecule has 3 nitrogen and oxygen atoms in total. The van der Waals surface area contributed by atoms with Gasteiger partial charge in [-0.25, -0.2) is 0 Å². The molecule has 0 atom stereocenters.